The number of rotatable bonds is 6. The lowest BCUT2D eigenvalue weighted by molar-refractivity contribution is -0.123. The topological polar surface area (TPSA) is 35.5 Å². The molecule has 0 amide bonds. The van der Waals surface area contributed by atoms with E-state index in [1.165, 1.54) is 6.92 Å². The summed E-state index contributed by atoms with van der Waals surface area (Å²) in [6, 6.07) is 14.3. The summed E-state index contributed by atoms with van der Waals surface area (Å²) >= 11 is 5.82. The summed E-state index contributed by atoms with van der Waals surface area (Å²) in [7, 11) is 0. The summed E-state index contributed by atoms with van der Waals surface area (Å²) < 4.78 is 11.3. The van der Waals surface area contributed by atoms with Crippen molar-refractivity contribution < 1.29 is 14.3 Å². The van der Waals surface area contributed by atoms with Gasteiger partial charge in [0.25, 0.3) is 0 Å². The average molecular weight is 305 g/mol. The van der Waals surface area contributed by atoms with Gasteiger partial charge in [0.15, 0.2) is 11.9 Å². The van der Waals surface area contributed by atoms with Gasteiger partial charge in [0.2, 0.25) is 0 Å². The van der Waals surface area contributed by atoms with E-state index in [1.807, 2.05) is 6.92 Å². The van der Waals surface area contributed by atoms with Gasteiger partial charge in [-0.3, -0.25) is 4.79 Å². The number of carbonyl (C=O) groups is 1. The second-order valence-corrected chi connectivity index (χ2v) is 5.09. The quantitative estimate of drug-likeness (QED) is 0.763. The second-order valence-electron chi connectivity index (χ2n) is 4.65. The van der Waals surface area contributed by atoms with Crippen LogP contribution in [0.15, 0.2) is 48.5 Å². The maximum Gasteiger partial charge on any atom is 0.170 e. The molecule has 110 valence electrons. The zero-order valence-electron chi connectivity index (χ0n) is 12.0. The summed E-state index contributed by atoms with van der Waals surface area (Å²) in [5, 5.41) is 0.668. The van der Waals surface area contributed by atoms with Gasteiger partial charge in [0.05, 0.1) is 0 Å². The van der Waals surface area contributed by atoms with Crippen molar-refractivity contribution in [2.45, 2.75) is 26.4 Å². The van der Waals surface area contributed by atoms with Crippen LogP contribution in [-0.2, 0) is 4.79 Å². The van der Waals surface area contributed by atoms with Crippen molar-refractivity contribution in [3.05, 3.63) is 53.6 Å². The molecule has 0 radical (unpaired) electrons. The number of carbonyl (C=O) groups excluding carboxylic acids is 1. The first kappa shape index (κ1) is 15.4. The number of hydrogen-bond acceptors (Lipinski definition) is 3. The molecule has 21 heavy (non-hydrogen) atoms. The molecule has 1 atom stereocenters. The molecule has 0 heterocycles. The van der Waals surface area contributed by atoms with Gasteiger partial charge >= 0.3 is 0 Å². The van der Waals surface area contributed by atoms with Crippen LogP contribution in [0.5, 0.6) is 17.2 Å². The molecule has 2 rings (SSSR count). The standard InChI is InChI=1S/C17H17ClO3/c1-3-17(12(2)19)21-16-10-8-15(9-11-16)20-14-6-4-13(18)5-7-14/h4-11,17H,3H2,1-2H3. The van der Waals surface area contributed by atoms with Crippen molar-refractivity contribution >= 4 is 17.4 Å². The molecule has 0 bridgehead atoms. The molecule has 2 aromatic rings. The fraction of sp³-hybridized carbons (Fsp3) is 0.235. The predicted octanol–water partition coefficient (Wildman–Crippen LogP) is 4.88. The van der Waals surface area contributed by atoms with Crippen LogP contribution in [0.2, 0.25) is 5.02 Å². The van der Waals surface area contributed by atoms with Gasteiger partial charge in [-0.25, -0.2) is 0 Å². The maximum absolute atomic E-state index is 11.4. The van der Waals surface area contributed by atoms with E-state index in [0.29, 0.717) is 28.7 Å². The van der Waals surface area contributed by atoms with Gasteiger partial charge in [-0.05, 0) is 61.9 Å². The summed E-state index contributed by atoms with van der Waals surface area (Å²) in [6.45, 7) is 3.45. The average Bonchev–Trinajstić information content (AvgIpc) is 2.48. The van der Waals surface area contributed by atoms with Crippen molar-refractivity contribution in [1.29, 1.82) is 0 Å². The smallest absolute Gasteiger partial charge is 0.170 e. The van der Waals surface area contributed by atoms with Gasteiger partial charge in [0.1, 0.15) is 17.2 Å². The van der Waals surface area contributed by atoms with Crippen LogP contribution in [0, 0.1) is 0 Å². The lowest BCUT2D eigenvalue weighted by Gasteiger charge is -2.14. The number of Topliss-reactive ketones (excluding diaryl/α,β-unsaturated/α-hetero) is 1. The van der Waals surface area contributed by atoms with E-state index in [-0.39, 0.29) is 5.78 Å². The Bertz CT molecular complexity index is 590. The molecule has 0 saturated heterocycles. The lowest BCUT2D eigenvalue weighted by Crippen LogP contribution is -2.23. The lowest BCUT2D eigenvalue weighted by atomic mass is 10.2. The molecule has 0 aliphatic carbocycles. The third-order valence-corrected chi connectivity index (χ3v) is 3.23. The first-order valence-corrected chi connectivity index (χ1v) is 7.17. The molecular formula is C17H17ClO3. The van der Waals surface area contributed by atoms with Crippen molar-refractivity contribution in [2.24, 2.45) is 0 Å². The highest BCUT2D eigenvalue weighted by molar-refractivity contribution is 6.30. The molecule has 0 fully saturated rings. The molecule has 0 spiro atoms. The van der Waals surface area contributed by atoms with E-state index in [9.17, 15) is 4.79 Å². The highest BCUT2D eigenvalue weighted by Gasteiger charge is 2.13. The normalized spacial score (nSPS) is 11.8. The number of ether oxygens (including phenoxy) is 2. The molecule has 0 aliphatic heterocycles. The van der Waals surface area contributed by atoms with Crippen molar-refractivity contribution in [3.63, 3.8) is 0 Å². The highest BCUT2D eigenvalue weighted by Crippen LogP contribution is 2.25. The van der Waals surface area contributed by atoms with Crippen LogP contribution >= 0.6 is 11.6 Å². The summed E-state index contributed by atoms with van der Waals surface area (Å²) in [5.74, 6) is 2.09. The highest BCUT2D eigenvalue weighted by atomic mass is 35.5. The number of ketones is 1. The van der Waals surface area contributed by atoms with E-state index < -0.39 is 6.10 Å². The second kappa shape index (κ2) is 7.14. The molecule has 0 aromatic heterocycles. The maximum atomic E-state index is 11.4. The Balaban J connectivity index is 2.01. The van der Waals surface area contributed by atoms with E-state index in [4.69, 9.17) is 21.1 Å². The first-order chi connectivity index (χ1) is 10.1. The molecule has 2 aromatic carbocycles. The minimum atomic E-state index is -0.395. The molecule has 1 unspecified atom stereocenters. The van der Waals surface area contributed by atoms with Gasteiger partial charge < -0.3 is 9.47 Å². The molecule has 4 heteroatoms. The Morgan fingerprint density at radius 1 is 1.00 bits per heavy atom. The van der Waals surface area contributed by atoms with Crippen LogP contribution in [0.4, 0.5) is 0 Å². The van der Waals surface area contributed by atoms with Gasteiger partial charge in [-0.1, -0.05) is 18.5 Å². The van der Waals surface area contributed by atoms with Crippen molar-refractivity contribution in [2.75, 3.05) is 0 Å². The van der Waals surface area contributed by atoms with Crippen molar-refractivity contribution in [3.8, 4) is 17.2 Å². The van der Waals surface area contributed by atoms with E-state index >= 15 is 0 Å². The zero-order chi connectivity index (χ0) is 15.2. The monoisotopic (exact) mass is 304 g/mol. The van der Waals surface area contributed by atoms with E-state index in [2.05, 4.69) is 0 Å². The largest absolute Gasteiger partial charge is 0.483 e. The molecule has 0 aliphatic rings. The number of benzene rings is 2. The predicted molar refractivity (Wildman–Crippen MR) is 83.4 cm³/mol. The van der Waals surface area contributed by atoms with Crippen LogP contribution in [-0.4, -0.2) is 11.9 Å². The van der Waals surface area contributed by atoms with Crippen molar-refractivity contribution in [1.82, 2.24) is 0 Å². The SMILES string of the molecule is CCC(Oc1ccc(Oc2ccc(Cl)cc2)cc1)C(C)=O. The van der Waals surface area contributed by atoms with Crippen LogP contribution in [0.25, 0.3) is 0 Å². The molecule has 0 N–H and O–H groups in total. The van der Waals surface area contributed by atoms with E-state index in [1.54, 1.807) is 48.5 Å². The third kappa shape index (κ3) is 4.50. The van der Waals surface area contributed by atoms with Gasteiger partial charge in [0, 0.05) is 5.02 Å². The van der Waals surface area contributed by atoms with Crippen LogP contribution in [0.1, 0.15) is 20.3 Å². The molecular weight excluding hydrogens is 288 g/mol. The molecule has 3 nitrogen and oxygen atoms in total. The summed E-state index contributed by atoms with van der Waals surface area (Å²) in [5.41, 5.74) is 0. The van der Waals surface area contributed by atoms with Gasteiger partial charge in [-0.15, -0.1) is 0 Å². The van der Waals surface area contributed by atoms with Crippen LogP contribution in [0.3, 0.4) is 0 Å². The number of hydrogen-bond donors (Lipinski definition) is 0. The fourth-order valence-corrected chi connectivity index (χ4v) is 1.97. The van der Waals surface area contributed by atoms with Gasteiger partial charge in [-0.2, -0.15) is 0 Å². The Hall–Kier alpha value is -2.00. The third-order valence-electron chi connectivity index (χ3n) is 2.98. The van der Waals surface area contributed by atoms with E-state index in [0.717, 1.165) is 0 Å². The summed E-state index contributed by atoms with van der Waals surface area (Å²) in [4.78, 5) is 11.4. The molecule has 0 saturated carbocycles. The Morgan fingerprint density at radius 3 is 1.95 bits per heavy atom. The minimum Gasteiger partial charge on any atom is -0.483 e. The Morgan fingerprint density at radius 2 is 1.48 bits per heavy atom. The minimum absolute atomic E-state index is 0.0268. The first-order valence-electron chi connectivity index (χ1n) is 6.79. The fourth-order valence-electron chi connectivity index (χ4n) is 1.84. The summed E-state index contributed by atoms with van der Waals surface area (Å²) in [6.07, 6.45) is 0.256. The Kier molecular flexibility index (Phi) is 5.23. The Labute approximate surface area is 129 Å². The number of halogens is 1. The zero-order valence-corrected chi connectivity index (χ0v) is 12.8. The van der Waals surface area contributed by atoms with Crippen LogP contribution < -0.4 is 9.47 Å².